The standard InChI is InChI=1S/C14H22BrN3O/c1-9(2)18-14(19)13(15)12(8-17-18)16-7-11-6-4-5-10(11)3/h8-11,16H,4-7H2,1-3H3. The van der Waals surface area contributed by atoms with Crippen molar-refractivity contribution in [2.45, 2.75) is 46.1 Å². The van der Waals surface area contributed by atoms with E-state index in [1.54, 1.807) is 6.20 Å². The lowest BCUT2D eigenvalue weighted by molar-refractivity contribution is 0.439. The number of aromatic nitrogens is 2. The van der Waals surface area contributed by atoms with E-state index in [0.717, 1.165) is 18.2 Å². The van der Waals surface area contributed by atoms with Crippen LogP contribution in [0.5, 0.6) is 0 Å². The van der Waals surface area contributed by atoms with Gasteiger partial charge in [0.25, 0.3) is 5.56 Å². The van der Waals surface area contributed by atoms with Gasteiger partial charge in [-0.1, -0.05) is 19.8 Å². The van der Waals surface area contributed by atoms with E-state index in [0.29, 0.717) is 10.4 Å². The van der Waals surface area contributed by atoms with Crippen molar-refractivity contribution >= 4 is 21.6 Å². The molecule has 4 nitrogen and oxygen atoms in total. The summed E-state index contributed by atoms with van der Waals surface area (Å²) >= 11 is 3.39. The number of halogens is 1. The van der Waals surface area contributed by atoms with E-state index < -0.39 is 0 Å². The van der Waals surface area contributed by atoms with Gasteiger partial charge in [0.15, 0.2) is 0 Å². The molecule has 2 atom stereocenters. The molecule has 0 bridgehead atoms. The quantitative estimate of drug-likeness (QED) is 0.921. The summed E-state index contributed by atoms with van der Waals surface area (Å²) in [6, 6.07) is 0.0766. The summed E-state index contributed by atoms with van der Waals surface area (Å²) in [6.45, 7) is 7.14. The Labute approximate surface area is 122 Å². The zero-order valence-electron chi connectivity index (χ0n) is 11.8. The lowest BCUT2D eigenvalue weighted by Crippen LogP contribution is -2.27. The van der Waals surface area contributed by atoms with E-state index in [9.17, 15) is 4.79 Å². The molecule has 2 unspecified atom stereocenters. The molecule has 0 aromatic carbocycles. The van der Waals surface area contributed by atoms with E-state index in [-0.39, 0.29) is 11.6 Å². The predicted molar refractivity (Wildman–Crippen MR) is 81.6 cm³/mol. The third-order valence-corrected chi connectivity index (χ3v) is 4.79. The first-order chi connectivity index (χ1) is 9.00. The maximum Gasteiger partial charge on any atom is 0.283 e. The van der Waals surface area contributed by atoms with Gasteiger partial charge in [-0.3, -0.25) is 4.79 Å². The number of nitrogens with zero attached hydrogens (tertiary/aromatic N) is 2. The maximum absolute atomic E-state index is 12.1. The highest BCUT2D eigenvalue weighted by Crippen LogP contribution is 2.31. The lowest BCUT2D eigenvalue weighted by atomic mass is 9.98. The minimum atomic E-state index is -0.0699. The van der Waals surface area contributed by atoms with Crippen LogP contribution in [0.15, 0.2) is 15.5 Å². The van der Waals surface area contributed by atoms with Crippen molar-refractivity contribution in [2.24, 2.45) is 11.8 Å². The summed E-state index contributed by atoms with van der Waals surface area (Å²) in [4.78, 5) is 12.1. The molecule has 0 radical (unpaired) electrons. The number of anilines is 1. The van der Waals surface area contributed by atoms with E-state index >= 15 is 0 Å². The van der Waals surface area contributed by atoms with Crippen molar-refractivity contribution in [1.82, 2.24) is 9.78 Å². The summed E-state index contributed by atoms with van der Waals surface area (Å²) in [5.74, 6) is 1.48. The van der Waals surface area contributed by atoms with Crippen LogP contribution in [-0.4, -0.2) is 16.3 Å². The number of nitrogens with one attached hydrogen (secondary N) is 1. The molecule has 1 aromatic heterocycles. The minimum Gasteiger partial charge on any atom is -0.382 e. The maximum atomic E-state index is 12.1. The van der Waals surface area contributed by atoms with Gasteiger partial charge in [-0.2, -0.15) is 5.10 Å². The SMILES string of the molecule is CC1CCCC1CNc1cnn(C(C)C)c(=O)c1Br. The van der Waals surface area contributed by atoms with Crippen molar-refractivity contribution in [3.8, 4) is 0 Å². The van der Waals surface area contributed by atoms with Gasteiger partial charge in [-0.25, -0.2) is 4.68 Å². The van der Waals surface area contributed by atoms with Gasteiger partial charge in [0.2, 0.25) is 0 Å². The molecule has 106 valence electrons. The third kappa shape index (κ3) is 3.19. The van der Waals surface area contributed by atoms with E-state index in [2.05, 4.69) is 33.3 Å². The second-order valence-corrected chi connectivity index (χ2v) is 6.56. The monoisotopic (exact) mass is 327 g/mol. The van der Waals surface area contributed by atoms with Crippen LogP contribution in [0.1, 0.15) is 46.1 Å². The summed E-state index contributed by atoms with van der Waals surface area (Å²) < 4.78 is 2.08. The summed E-state index contributed by atoms with van der Waals surface area (Å²) in [7, 11) is 0. The third-order valence-electron chi connectivity index (χ3n) is 4.03. The highest BCUT2D eigenvalue weighted by Gasteiger charge is 2.23. The first kappa shape index (κ1) is 14.6. The van der Waals surface area contributed by atoms with Crippen LogP contribution in [0, 0.1) is 11.8 Å². The molecule has 5 heteroatoms. The first-order valence-electron chi connectivity index (χ1n) is 7.02. The van der Waals surface area contributed by atoms with Gasteiger partial charge in [0.1, 0.15) is 4.47 Å². The Bertz CT molecular complexity index is 498. The topological polar surface area (TPSA) is 46.9 Å². The second-order valence-electron chi connectivity index (χ2n) is 5.76. The normalized spacial score (nSPS) is 23.0. The first-order valence-corrected chi connectivity index (χ1v) is 7.81. The van der Waals surface area contributed by atoms with Crippen LogP contribution < -0.4 is 10.9 Å². The summed E-state index contributed by atoms with van der Waals surface area (Å²) in [5.41, 5.74) is 0.737. The van der Waals surface area contributed by atoms with Crippen LogP contribution in [0.3, 0.4) is 0 Å². The van der Waals surface area contributed by atoms with E-state index in [4.69, 9.17) is 0 Å². The molecule has 1 N–H and O–H groups in total. The molecule has 1 aliphatic rings. The Morgan fingerprint density at radius 1 is 1.53 bits per heavy atom. The van der Waals surface area contributed by atoms with Crippen LogP contribution >= 0.6 is 15.9 Å². The van der Waals surface area contributed by atoms with Gasteiger partial charge in [-0.05, 0) is 48.0 Å². The van der Waals surface area contributed by atoms with E-state index in [1.165, 1.54) is 23.9 Å². The summed E-state index contributed by atoms with van der Waals surface area (Å²) in [5, 5.41) is 7.58. The van der Waals surface area contributed by atoms with Crippen LogP contribution in [0.2, 0.25) is 0 Å². The highest BCUT2D eigenvalue weighted by atomic mass is 79.9. The molecule has 1 fully saturated rings. The zero-order valence-corrected chi connectivity index (χ0v) is 13.4. The molecule has 0 spiro atoms. The Kier molecular flexibility index (Phi) is 4.66. The fourth-order valence-electron chi connectivity index (χ4n) is 2.70. The average molecular weight is 328 g/mol. The molecule has 1 aliphatic carbocycles. The molecule has 1 aromatic rings. The molecule has 19 heavy (non-hydrogen) atoms. The Morgan fingerprint density at radius 2 is 2.26 bits per heavy atom. The Hall–Kier alpha value is -0.840. The molecule has 0 aliphatic heterocycles. The molecular formula is C14H22BrN3O. The molecule has 0 amide bonds. The van der Waals surface area contributed by atoms with Gasteiger partial charge < -0.3 is 5.32 Å². The second kappa shape index (κ2) is 6.07. The van der Waals surface area contributed by atoms with Gasteiger partial charge in [0.05, 0.1) is 17.9 Å². The minimum absolute atomic E-state index is 0.0699. The largest absolute Gasteiger partial charge is 0.382 e. The molecule has 0 saturated heterocycles. The van der Waals surface area contributed by atoms with Gasteiger partial charge >= 0.3 is 0 Å². The van der Waals surface area contributed by atoms with Crippen LogP contribution in [0.4, 0.5) is 5.69 Å². The van der Waals surface area contributed by atoms with Gasteiger partial charge in [-0.15, -0.1) is 0 Å². The molecule has 1 heterocycles. The Balaban J connectivity index is 2.09. The fraction of sp³-hybridized carbons (Fsp3) is 0.714. The van der Waals surface area contributed by atoms with Crippen LogP contribution in [-0.2, 0) is 0 Å². The van der Waals surface area contributed by atoms with Crippen molar-refractivity contribution < 1.29 is 0 Å². The molecular weight excluding hydrogens is 306 g/mol. The van der Waals surface area contributed by atoms with Gasteiger partial charge in [0, 0.05) is 6.54 Å². The Morgan fingerprint density at radius 3 is 2.84 bits per heavy atom. The lowest BCUT2D eigenvalue weighted by Gasteiger charge is -2.18. The number of hydrogen-bond donors (Lipinski definition) is 1. The van der Waals surface area contributed by atoms with Crippen molar-refractivity contribution in [1.29, 1.82) is 0 Å². The van der Waals surface area contributed by atoms with E-state index in [1.807, 2.05) is 13.8 Å². The smallest absolute Gasteiger partial charge is 0.283 e. The van der Waals surface area contributed by atoms with Crippen molar-refractivity contribution in [3.63, 3.8) is 0 Å². The molecule has 1 saturated carbocycles. The fourth-order valence-corrected chi connectivity index (χ4v) is 3.13. The van der Waals surface area contributed by atoms with Crippen LogP contribution in [0.25, 0.3) is 0 Å². The number of hydrogen-bond acceptors (Lipinski definition) is 3. The molecule has 2 rings (SSSR count). The van der Waals surface area contributed by atoms with Crippen molar-refractivity contribution in [2.75, 3.05) is 11.9 Å². The number of rotatable bonds is 4. The summed E-state index contributed by atoms with van der Waals surface area (Å²) in [6.07, 6.45) is 5.66. The van der Waals surface area contributed by atoms with Crippen molar-refractivity contribution in [3.05, 3.63) is 21.0 Å². The predicted octanol–water partition coefficient (Wildman–Crippen LogP) is 3.43. The average Bonchev–Trinajstić information content (AvgIpc) is 2.76. The zero-order chi connectivity index (χ0) is 14.0. The highest BCUT2D eigenvalue weighted by molar-refractivity contribution is 9.10.